The number of aryl methyl sites for hydroxylation is 1. The predicted octanol–water partition coefficient (Wildman–Crippen LogP) is 2.50. The molecule has 3 N–H and O–H groups in total. The summed E-state index contributed by atoms with van der Waals surface area (Å²) in [6, 6.07) is 9.29. The van der Waals surface area contributed by atoms with Crippen molar-refractivity contribution in [3.05, 3.63) is 52.9 Å². The normalized spacial score (nSPS) is 12.2. The maximum Gasteiger partial charge on any atom is 0.279 e. The van der Waals surface area contributed by atoms with Crippen LogP contribution in [0, 0.1) is 6.92 Å². The standard InChI is InChI=1S/C15H17ClN2O2/c1-10-5-6-12(16)8-13(10)18-15(19)9-17-11(2)14-4-3-7-20-14/h3-8,11,17H,9H2,1-2H3,(H,18,19)/p+1/t11-/m1/s1. The second-order valence-corrected chi connectivity index (χ2v) is 5.19. The van der Waals surface area contributed by atoms with Crippen LogP contribution in [0.15, 0.2) is 41.0 Å². The summed E-state index contributed by atoms with van der Waals surface area (Å²) in [6.45, 7) is 4.26. The molecule has 1 heterocycles. The summed E-state index contributed by atoms with van der Waals surface area (Å²) in [5.41, 5.74) is 1.74. The molecule has 0 saturated heterocycles. The molecule has 106 valence electrons. The van der Waals surface area contributed by atoms with Crippen LogP contribution in [0.25, 0.3) is 0 Å². The third-order valence-corrected chi connectivity index (χ3v) is 3.36. The molecule has 0 fully saturated rings. The van der Waals surface area contributed by atoms with Crippen LogP contribution in [0.1, 0.15) is 24.3 Å². The SMILES string of the molecule is Cc1ccc(Cl)cc1NC(=O)C[NH2+][C@H](C)c1ccco1. The van der Waals surface area contributed by atoms with Gasteiger partial charge in [-0.2, -0.15) is 0 Å². The number of hydrogen-bond donors (Lipinski definition) is 2. The van der Waals surface area contributed by atoms with Crippen LogP contribution in [-0.2, 0) is 4.79 Å². The van der Waals surface area contributed by atoms with Gasteiger partial charge >= 0.3 is 0 Å². The number of quaternary nitrogens is 1. The molecule has 1 atom stereocenters. The molecule has 0 bridgehead atoms. The number of furan rings is 1. The lowest BCUT2D eigenvalue weighted by Gasteiger charge is -2.10. The number of halogens is 1. The zero-order chi connectivity index (χ0) is 14.5. The Morgan fingerprint density at radius 2 is 2.25 bits per heavy atom. The van der Waals surface area contributed by atoms with E-state index in [9.17, 15) is 4.79 Å². The van der Waals surface area contributed by atoms with Gasteiger partial charge in [-0.15, -0.1) is 0 Å². The first-order valence-corrected chi connectivity index (χ1v) is 6.87. The first kappa shape index (κ1) is 14.6. The van der Waals surface area contributed by atoms with Gasteiger partial charge in [0, 0.05) is 10.7 Å². The summed E-state index contributed by atoms with van der Waals surface area (Å²) in [5.74, 6) is 0.797. The Hall–Kier alpha value is -1.78. The summed E-state index contributed by atoms with van der Waals surface area (Å²) < 4.78 is 5.30. The van der Waals surface area contributed by atoms with Crippen molar-refractivity contribution < 1.29 is 14.5 Å². The third-order valence-electron chi connectivity index (χ3n) is 3.12. The summed E-state index contributed by atoms with van der Waals surface area (Å²) in [5, 5.41) is 5.40. The van der Waals surface area contributed by atoms with Crippen molar-refractivity contribution in [3.8, 4) is 0 Å². The number of nitrogens with one attached hydrogen (secondary N) is 1. The Bertz CT molecular complexity index is 582. The Kier molecular flexibility index (Phi) is 4.82. The van der Waals surface area contributed by atoms with Crippen LogP contribution >= 0.6 is 11.6 Å². The Morgan fingerprint density at radius 3 is 2.95 bits per heavy atom. The molecule has 5 heteroatoms. The van der Waals surface area contributed by atoms with E-state index in [1.807, 2.05) is 37.4 Å². The summed E-state index contributed by atoms with van der Waals surface area (Å²) in [7, 11) is 0. The van der Waals surface area contributed by atoms with E-state index in [1.165, 1.54) is 0 Å². The first-order valence-electron chi connectivity index (χ1n) is 6.49. The lowest BCUT2D eigenvalue weighted by atomic mass is 10.2. The number of carbonyl (C=O) groups is 1. The number of nitrogens with two attached hydrogens (primary N) is 1. The number of anilines is 1. The van der Waals surface area contributed by atoms with Crippen molar-refractivity contribution in [3.63, 3.8) is 0 Å². The molecule has 4 nitrogen and oxygen atoms in total. The minimum Gasteiger partial charge on any atom is -0.463 e. The minimum absolute atomic E-state index is 0.0613. The molecule has 0 aliphatic carbocycles. The zero-order valence-corrected chi connectivity index (χ0v) is 12.3. The van der Waals surface area contributed by atoms with Gasteiger partial charge in [0.15, 0.2) is 12.3 Å². The van der Waals surface area contributed by atoms with Gasteiger partial charge in [0.1, 0.15) is 6.04 Å². The minimum atomic E-state index is -0.0613. The number of rotatable bonds is 5. The summed E-state index contributed by atoms with van der Waals surface area (Å²) in [4.78, 5) is 11.9. The van der Waals surface area contributed by atoms with Gasteiger partial charge in [-0.1, -0.05) is 17.7 Å². The number of carbonyl (C=O) groups excluding carboxylic acids is 1. The van der Waals surface area contributed by atoms with Crippen LogP contribution < -0.4 is 10.6 Å². The first-order chi connectivity index (χ1) is 9.56. The molecule has 1 aromatic heterocycles. The highest BCUT2D eigenvalue weighted by atomic mass is 35.5. The van der Waals surface area contributed by atoms with Crippen LogP contribution in [0.2, 0.25) is 5.02 Å². The average molecular weight is 294 g/mol. The molecule has 0 saturated carbocycles. The molecule has 0 aliphatic rings. The van der Waals surface area contributed by atoms with E-state index in [1.54, 1.807) is 18.4 Å². The van der Waals surface area contributed by atoms with Gasteiger partial charge < -0.3 is 15.1 Å². The van der Waals surface area contributed by atoms with Crippen molar-refractivity contribution >= 4 is 23.2 Å². The Morgan fingerprint density at radius 1 is 1.45 bits per heavy atom. The Labute approximate surface area is 123 Å². The van der Waals surface area contributed by atoms with E-state index in [2.05, 4.69) is 5.32 Å². The fourth-order valence-electron chi connectivity index (χ4n) is 1.88. The summed E-state index contributed by atoms with van der Waals surface area (Å²) >= 11 is 5.92. The highest BCUT2D eigenvalue weighted by Gasteiger charge is 2.14. The second-order valence-electron chi connectivity index (χ2n) is 4.75. The van der Waals surface area contributed by atoms with Crippen LogP contribution in [0.5, 0.6) is 0 Å². The van der Waals surface area contributed by atoms with E-state index in [0.29, 0.717) is 11.6 Å². The van der Waals surface area contributed by atoms with Crippen molar-refractivity contribution in [1.82, 2.24) is 0 Å². The lowest BCUT2D eigenvalue weighted by Crippen LogP contribution is -2.86. The largest absolute Gasteiger partial charge is 0.463 e. The lowest BCUT2D eigenvalue weighted by molar-refractivity contribution is -0.684. The van der Waals surface area contributed by atoms with Crippen molar-refractivity contribution in [2.45, 2.75) is 19.9 Å². The average Bonchev–Trinajstić information content (AvgIpc) is 2.94. The van der Waals surface area contributed by atoms with Crippen LogP contribution in [-0.4, -0.2) is 12.5 Å². The van der Waals surface area contributed by atoms with Crippen LogP contribution in [0.3, 0.4) is 0 Å². The third kappa shape index (κ3) is 3.85. The second kappa shape index (κ2) is 6.59. The number of benzene rings is 1. The Balaban J connectivity index is 1.88. The molecular formula is C15H18ClN2O2+. The van der Waals surface area contributed by atoms with E-state index in [4.69, 9.17) is 16.0 Å². The molecule has 0 unspecified atom stereocenters. The van der Waals surface area contributed by atoms with Gasteiger partial charge in [-0.05, 0) is 43.7 Å². The molecule has 0 spiro atoms. The smallest absolute Gasteiger partial charge is 0.279 e. The van der Waals surface area contributed by atoms with Gasteiger partial charge in [0.25, 0.3) is 5.91 Å². The van der Waals surface area contributed by atoms with Crippen molar-refractivity contribution in [1.29, 1.82) is 0 Å². The van der Waals surface area contributed by atoms with Crippen LogP contribution in [0.4, 0.5) is 5.69 Å². The van der Waals surface area contributed by atoms with Crippen molar-refractivity contribution in [2.75, 3.05) is 11.9 Å². The van der Waals surface area contributed by atoms with Gasteiger partial charge in [-0.3, -0.25) is 4.79 Å². The van der Waals surface area contributed by atoms with Gasteiger partial charge in [0.05, 0.1) is 6.26 Å². The van der Waals surface area contributed by atoms with Gasteiger partial charge in [-0.25, -0.2) is 0 Å². The molecule has 2 rings (SSSR count). The molecule has 0 aliphatic heterocycles. The van der Waals surface area contributed by atoms with E-state index in [-0.39, 0.29) is 11.9 Å². The van der Waals surface area contributed by atoms with E-state index in [0.717, 1.165) is 17.0 Å². The predicted molar refractivity (Wildman–Crippen MR) is 78.7 cm³/mol. The van der Waals surface area contributed by atoms with Crippen molar-refractivity contribution in [2.24, 2.45) is 0 Å². The van der Waals surface area contributed by atoms with E-state index < -0.39 is 0 Å². The fourth-order valence-corrected chi connectivity index (χ4v) is 2.05. The molecule has 1 amide bonds. The summed E-state index contributed by atoms with van der Waals surface area (Å²) in [6.07, 6.45) is 1.63. The molecule has 1 aromatic carbocycles. The zero-order valence-electron chi connectivity index (χ0n) is 11.5. The number of amides is 1. The van der Waals surface area contributed by atoms with Gasteiger partial charge in [0.2, 0.25) is 0 Å². The number of hydrogen-bond acceptors (Lipinski definition) is 2. The maximum absolute atomic E-state index is 11.9. The molecule has 20 heavy (non-hydrogen) atoms. The topological polar surface area (TPSA) is 58.9 Å². The highest BCUT2D eigenvalue weighted by Crippen LogP contribution is 2.19. The monoisotopic (exact) mass is 293 g/mol. The molecular weight excluding hydrogens is 276 g/mol. The van der Waals surface area contributed by atoms with E-state index >= 15 is 0 Å². The highest BCUT2D eigenvalue weighted by molar-refractivity contribution is 6.31. The molecule has 0 radical (unpaired) electrons. The molecule has 2 aromatic rings. The quantitative estimate of drug-likeness (QED) is 0.890. The fraction of sp³-hybridized carbons (Fsp3) is 0.267. The maximum atomic E-state index is 11.9.